The van der Waals surface area contributed by atoms with Crippen LogP contribution < -0.4 is 5.32 Å². The molecule has 1 aliphatic carbocycles. The standard InChI is InChI=1S/C14H16N2O2S2/c1-8-12(13(17)18-2)20-14(15-8)16-10-4-3-5-11-9(10)6-7-19-11/h6-7,10H,3-5H2,1-2H3,(H,15,16). The number of aryl methyl sites for hydroxylation is 2. The smallest absolute Gasteiger partial charge is 0.350 e. The number of thiophene rings is 1. The third-order valence-corrected chi connectivity index (χ3v) is 5.58. The van der Waals surface area contributed by atoms with E-state index in [9.17, 15) is 4.79 Å². The zero-order chi connectivity index (χ0) is 14.1. The number of rotatable bonds is 3. The molecular formula is C14H16N2O2S2. The number of thiazole rings is 1. The fourth-order valence-corrected chi connectivity index (χ4v) is 4.45. The maximum atomic E-state index is 11.6. The zero-order valence-electron chi connectivity index (χ0n) is 11.4. The van der Waals surface area contributed by atoms with Crippen LogP contribution in [0, 0.1) is 6.92 Å². The lowest BCUT2D eigenvalue weighted by atomic mass is 9.94. The molecular weight excluding hydrogens is 292 g/mol. The van der Waals surface area contributed by atoms with E-state index in [2.05, 4.69) is 21.7 Å². The van der Waals surface area contributed by atoms with Gasteiger partial charge in [-0.15, -0.1) is 11.3 Å². The highest BCUT2D eigenvalue weighted by Gasteiger charge is 2.23. The summed E-state index contributed by atoms with van der Waals surface area (Å²) in [5, 5.41) is 6.42. The summed E-state index contributed by atoms with van der Waals surface area (Å²) in [5.74, 6) is -0.312. The van der Waals surface area contributed by atoms with Gasteiger partial charge in [-0.1, -0.05) is 11.3 Å². The van der Waals surface area contributed by atoms with Crippen LogP contribution in [0.5, 0.6) is 0 Å². The number of nitrogens with zero attached hydrogens (tertiary/aromatic N) is 1. The third-order valence-electron chi connectivity index (χ3n) is 3.52. The molecule has 106 valence electrons. The van der Waals surface area contributed by atoms with Crippen LogP contribution in [0.25, 0.3) is 0 Å². The Labute approximate surface area is 125 Å². The maximum absolute atomic E-state index is 11.6. The van der Waals surface area contributed by atoms with Crippen LogP contribution in [0.15, 0.2) is 11.4 Å². The van der Waals surface area contributed by atoms with Crippen molar-refractivity contribution in [2.75, 3.05) is 12.4 Å². The number of ether oxygens (including phenoxy) is 1. The highest BCUT2D eigenvalue weighted by molar-refractivity contribution is 7.17. The van der Waals surface area contributed by atoms with Crippen molar-refractivity contribution in [3.05, 3.63) is 32.5 Å². The first kappa shape index (κ1) is 13.6. The molecule has 20 heavy (non-hydrogen) atoms. The fraction of sp³-hybridized carbons (Fsp3) is 0.429. The van der Waals surface area contributed by atoms with Gasteiger partial charge in [0.15, 0.2) is 5.13 Å². The van der Waals surface area contributed by atoms with E-state index in [1.165, 1.54) is 41.7 Å². The molecule has 1 atom stereocenters. The molecule has 0 amide bonds. The lowest BCUT2D eigenvalue weighted by molar-refractivity contribution is 0.0605. The average molecular weight is 308 g/mol. The molecule has 0 aliphatic heterocycles. The van der Waals surface area contributed by atoms with Crippen LogP contribution in [0.4, 0.5) is 5.13 Å². The predicted octanol–water partition coefficient (Wildman–Crippen LogP) is 3.79. The molecule has 6 heteroatoms. The van der Waals surface area contributed by atoms with E-state index in [0.717, 1.165) is 17.2 Å². The summed E-state index contributed by atoms with van der Waals surface area (Å²) in [7, 11) is 1.40. The number of hydrogen-bond acceptors (Lipinski definition) is 6. The normalized spacial score (nSPS) is 17.6. The number of fused-ring (bicyclic) bond motifs is 1. The molecule has 0 fully saturated rings. The van der Waals surface area contributed by atoms with Crippen molar-refractivity contribution in [1.82, 2.24) is 4.98 Å². The maximum Gasteiger partial charge on any atom is 0.350 e. The number of esters is 1. The van der Waals surface area contributed by atoms with Crippen molar-refractivity contribution < 1.29 is 9.53 Å². The number of carbonyl (C=O) groups is 1. The zero-order valence-corrected chi connectivity index (χ0v) is 13.1. The van der Waals surface area contributed by atoms with E-state index in [4.69, 9.17) is 4.74 Å². The minimum atomic E-state index is -0.312. The molecule has 2 heterocycles. The molecule has 2 aromatic rings. The molecule has 0 aromatic carbocycles. The Morgan fingerprint density at radius 1 is 1.55 bits per heavy atom. The van der Waals surface area contributed by atoms with Crippen molar-refractivity contribution in [2.45, 2.75) is 32.2 Å². The number of anilines is 1. The number of hydrogen-bond donors (Lipinski definition) is 1. The Bertz CT molecular complexity index is 633. The van der Waals surface area contributed by atoms with Crippen LogP contribution in [0.2, 0.25) is 0 Å². The van der Waals surface area contributed by atoms with Gasteiger partial charge >= 0.3 is 5.97 Å². The van der Waals surface area contributed by atoms with Crippen molar-refractivity contribution in [3.63, 3.8) is 0 Å². The molecule has 0 spiro atoms. The first-order valence-corrected chi connectivity index (χ1v) is 8.27. The highest BCUT2D eigenvalue weighted by Crippen LogP contribution is 2.36. The van der Waals surface area contributed by atoms with Gasteiger partial charge in [-0.2, -0.15) is 0 Å². The van der Waals surface area contributed by atoms with E-state index >= 15 is 0 Å². The Morgan fingerprint density at radius 2 is 2.40 bits per heavy atom. The summed E-state index contributed by atoms with van der Waals surface area (Å²) in [5.41, 5.74) is 2.11. The fourth-order valence-electron chi connectivity index (χ4n) is 2.53. The molecule has 0 saturated carbocycles. The monoisotopic (exact) mass is 308 g/mol. The summed E-state index contributed by atoms with van der Waals surface area (Å²) in [6, 6.07) is 2.50. The van der Waals surface area contributed by atoms with Crippen LogP contribution in [-0.2, 0) is 11.2 Å². The summed E-state index contributed by atoms with van der Waals surface area (Å²) in [6.45, 7) is 1.84. The van der Waals surface area contributed by atoms with Crippen molar-refractivity contribution >= 4 is 33.8 Å². The van der Waals surface area contributed by atoms with Gasteiger partial charge in [0.1, 0.15) is 4.88 Å². The quantitative estimate of drug-likeness (QED) is 0.877. The second-order valence-electron chi connectivity index (χ2n) is 4.81. The topological polar surface area (TPSA) is 51.2 Å². The largest absolute Gasteiger partial charge is 0.465 e. The Kier molecular flexibility index (Phi) is 3.76. The molecule has 0 saturated heterocycles. The van der Waals surface area contributed by atoms with Crippen LogP contribution in [0.3, 0.4) is 0 Å². The first-order valence-electron chi connectivity index (χ1n) is 6.57. The van der Waals surface area contributed by atoms with Gasteiger partial charge in [0.25, 0.3) is 0 Å². The van der Waals surface area contributed by atoms with Crippen molar-refractivity contribution in [1.29, 1.82) is 0 Å². The summed E-state index contributed by atoms with van der Waals surface area (Å²) in [4.78, 5) is 18.1. The van der Waals surface area contributed by atoms with Crippen molar-refractivity contribution in [2.24, 2.45) is 0 Å². The number of aromatic nitrogens is 1. The number of carbonyl (C=O) groups excluding carboxylic acids is 1. The van der Waals surface area contributed by atoms with Gasteiger partial charge < -0.3 is 10.1 Å². The van der Waals surface area contributed by atoms with Crippen LogP contribution >= 0.6 is 22.7 Å². The van der Waals surface area contributed by atoms with E-state index in [0.29, 0.717) is 10.9 Å². The number of methoxy groups -OCH3 is 1. The Balaban J connectivity index is 1.81. The summed E-state index contributed by atoms with van der Waals surface area (Å²) >= 11 is 3.20. The van der Waals surface area contributed by atoms with Crippen LogP contribution in [-0.4, -0.2) is 18.1 Å². The molecule has 3 rings (SSSR count). The third kappa shape index (κ3) is 2.45. The minimum absolute atomic E-state index is 0.307. The molecule has 1 N–H and O–H groups in total. The summed E-state index contributed by atoms with van der Waals surface area (Å²) in [6.07, 6.45) is 3.48. The SMILES string of the molecule is COC(=O)c1sc(NC2CCCc3sccc32)nc1C. The first-order chi connectivity index (χ1) is 9.69. The Morgan fingerprint density at radius 3 is 3.20 bits per heavy atom. The van der Waals surface area contributed by atoms with Gasteiger partial charge in [0, 0.05) is 4.88 Å². The average Bonchev–Trinajstić information content (AvgIpc) is 3.05. The van der Waals surface area contributed by atoms with Gasteiger partial charge in [-0.3, -0.25) is 0 Å². The molecule has 0 bridgehead atoms. The van der Waals surface area contributed by atoms with Crippen molar-refractivity contribution in [3.8, 4) is 0 Å². The molecule has 2 aromatic heterocycles. The van der Waals surface area contributed by atoms with E-state index in [1.54, 1.807) is 0 Å². The van der Waals surface area contributed by atoms with E-state index in [-0.39, 0.29) is 5.97 Å². The van der Waals surface area contributed by atoms with Gasteiger partial charge in [-0.25, -0.2) is 9.78 Å². The van der Waals surface area contributed by atoms with Crippen LogP contribution in [0.1, 0.15) is 44.7 Å². The molecule has 1 unspecified atom stereocenters. The summed E-state index contributed by atoms with van der Waals surface area (Å²) < 4.78 is 4.77. The van der Waals surface area contributed by atoms with Gasteiger partial charge in [0.05, 0.1) is 18.8 Å². The molecule has 4 nitrogen and oxygen atoms in total. The van der Waals surface area contributed by atoms with E-state index < -0.39 is 0 Å². The lowest BCUT2D eigenvalue weighted by Gasteiger charge is -2.23. The minimum Gasteiger partial charge on any atom is -0.465 e. The number of nitrogens with one attached hydrogen (secondary N) is 1. The second-order valence-corrected chi connectivity index (χ2v) is 6.81. The molecule has 1 aliphatic rings. The highest BCUT2D eigenvalue weighted by atomic mass is 32.1. The van der Waals surface area contributed by atoms with Gasteiger partial charge in [0.2, 0.25) is 0 Å². The van der Waals surface area contributed by atoms with E-state index in [1.807, 2.05) is 18.3 Å². The second kappa shape index (κ2) is 5.54. The van der Waals surface area contributed by atoms with Gasteiger partial charge in [-0.05, 0) is 43.2 Å². The predicted molar refractivity (Wildman–Crippen MR) is 81.8 cm³/mol. The molecule has 0 radical (unpaired) electrons. The Hall–Kier alpha value is -1.40. The lowest BCUT2D eigenvalue weighted by Crippen LogP contribution is -2.15.